The van der Waals surface area contributed by atoms with Gasteiger partial charge >= 0.3 is 0 Å². The number of carbonyl (C=O) groups is 3. The predicted molar refractivity (Wildman–Crippen MR) is 216 cm³/mol. The molecule has 0 bridgehead atoms. The Morgan fingerprint density at radius 2 is 1.74 bits per heavy atom. The molecule has 2 unspecified atom stereocenters. The average molecular weight is 786 g/mol. The third kappa shape index (κ3) is 5.42. The smallest absolute Gasteiger partial charge is 0.282 e. The molecule has 4 aromatic rings. The SMILES string of the molecule is O=C1CC[C@H](N2Cc3c(ccc4c3OCC43CCN(CC4CCCC(c5ccc6c(c5)C5(CCCCC5)c5nc(=O)c7c(Cl)cccc7n5-6)C4)CC3)C2=O)C(=O)N1. The monoisotopic (exact) mass is 785 g/mol. The van der Waals surface area contributed by atoms with Crippen LogP contribution in [0.5, 0.6) is 5.75 Å². The van der Waals surface area contributed by atoms with Crippen molar-refractivity contribution in [3.8, 4) is 11.4 Å². The Kier molecular flexibility index (Phi) is 8.27. The molecule has 1 aromatic heterocycles. The van der Waals surface area contributed by atoms with Gasteiger partial charge in [0.1, 0.15) is 17.6 Å². The van der Waals surface area contributed by atoms with Crippen LogP contribution in [0.4, 0.5) is 0 Å². The topological polar surface area (TPSA) is 114 Å². The summed E-state index contributed by atoms with van der Waals surface area (Å²) < 4.78 is 8.70. The van der Waals surface area contributed by atoms with Gasteiger partial charge < -0.3 is 14.5 Å². The third-order valence-corrected chi connectivity index (χ3v) is 15.4. The fraction of sp³-hybridized carbons (Fsp3) is 0.500. The summed E-state index contributed by atoms with van der Waals surface area (Å²) in [5.41, 5.74) is 7.00. The van der Waals surface area contributed by atoms with Crippen molar-refractivity contribution in [1.29, 1.82) is 0 Å². The Hall–Kier alpha value is -4.54. The summed E-state index contributed by atoms with van der Waals surface area (Å²) in [6, 6.07) is 16.3. The van der Waals surface area contributed by atoms with Crippen LogP contribution >= 0.6 is 11.6 Å². The summed E-state index contributed by atoms with van der Waals surface area (Å²) in [4.78, 5) is 60.4. The zero-order valence-electron chi connectivity index (χ0n) is 32.3. The van der Waals surface area contributed by atoms with Gasteiger partial charge in [-0.25, -0.2) is 0 Å². The molecule has 11 heteroatoms. The lowest BCUT2D eigenvalue weighted by atomic mass is 9.68. The summed E-state index contributed by atoms with van der Waals surface area (Å²) in [5, 5.41) is 3.37. The van der Waals surface area contributed by atoms with Gasteiger partial charge in [-0.2, -0.15) is 4.98 Å². The first-order chi connectivity index (χ1) is 27.7. The van der Waals surface area contributed by atoms with E-state index in [-0.39, 0.29) is 40.5 Å². The van der Waals surface area contributed by atoms with Gasteiger partial charge in [0.2, 0.25) is 11.8 Å². The first kappa shape index (κ1) is 35.6. The lowest BCUT2D eigenvalue weighted by Crippen LogP contribution is -2.52. The molecule has 4 fully saturated rings. The predicted octanol–water partition coefficient (Wildman–Crippen LogP) is 7.06. The minimum Gasteiger partial charge on any atom is -0.492 e. The van der Waals surface area contributed by atoms with Gasteiger partial charge in [-0.1, -0.05) is 61.5 Å². The second kappa shape index (κ2) is 13.2. The number of likely N-dealkylation sites (tertiary alicyclic amines) is 1. The van der Waals surface area contributed by atoms with Gasteiger partial charge in [-0.3, -0.25) is 29.1 Å². The zero-order chi connectivity index (χ0) is 38.6. The molecule has 3 atom stereocenters. The van der Waals surface area contributed by atoms with Crippen molar-refractivity contribution in [1.82, 2.24) is 24.7 Å². The summed E-state index contributed by atoms with van der Waals surface area (Å²) in [7, 11) is 0. The highest BCUT2D eigenvalue weighted by Gasteiger charge is 2.49. The van der Waals surface area contributed by atoms with E-state index in [1.165, 1.54) is 48.8 Å². The number of benzene rings is 3. The van der Waals surface area contributed by atoms with Crippen LogP contribution in [-0.2, 0) is 27.0 Å². The second-order valence-electron chi connectivity index (χ2n) is 18.1. The van der Waals surface area contributed by atoms with Gasteiger partial charge in [0.05, 0.1) is 40.2 Å². The number of amides is 3. The summed E-state index contributed by atoms with van der Waals surface area (Å²) in [6.45, 7) is 4.12. The molecule has 2 saturated heterocycles. The fourth-order valence-electron chi connectivity index (χ4n) is 12.1. The molecule has 6 heterocycles. The lowest BCUT2D eigenvalue weighted by Gasteiger charge is -2.41. The number of nitrogens with zero attached hydrogens (tertiary/aromatic N) is 4. The summed E-state index contributed by atoms with van der Waals surface area (Å²) in [5.74, 6) is 2.06. The van der Waals surface area contributed by atoms with E-state index in [9.17, 15) is 19.2 Å². The molecule has 2 aliphatic carbocycles. The van der Waals surface area contributed by atoms with Crippen LogP contribution < -0.4 is 15.6 Å². The van der Waals surface area contributed by atoms with Crippen molar-refractivity contribution in [2.75, 3.05) is 26.2 Å². The molecule has 3 amide bonds. The van der Waals surface area contributed by atoms with Crippen LogP contribution in [0.2, 0.25) is 5.02 Å². The Bertz CT molecular complexity index is 2450. The molecule has 2 spiro atoms. The number of aromatic nitrogens is 2. The number of ether oxygens (including phenoxy) is 1. The number of nitrogens with one attached hydrogen (secondary N) is 1. The van der Waals surface area contributed by atoms with Gasteiger partial charge in [0, 0.05) is 35.1 Å². The normalized spacial score (nSPS) is 26.0. The fourth-order valence-corrected chi connectivity index (χ4v) is 12.4. The van der Waals surface area contributed by atoms with E-state index in [4.69, 9.17) is 21.3 Å². The van der Waals surface area contributed by atoms with Gasteiger partial charge in [0.25, 0.3) is 11.5 Å². The first-order valence-corrected chi connectivity index (χ1v) is 21.6. The van der Waals surface area contributed by atoms with Crippen molar-refractivity contribution in [2.24, 2.45) is 5.92 Å². The van der Waals surface area contributed by atoms with Gasteiger partial charge in [-0.15, -0.1) is 0 Å². The number of fused-ring (bicyclic) bond motifs is 11. The van der Waals surface area contributed by atoms with Crippen LogP contribution in [0.3, 0.4) is 0 Å². The van der Waals surface area contributed by atoms with E-state index in [1.54, 1.807) is 11.0 Å². The van der Waals surface area contributed by atoms with E-state index in [0.717, 1.165) is 86.5 Å². The number of halogens is 1. The summed E-state index contributed by atoms with van der Waals surface area (Å²) >= 11 is 6.60. The lowest BCUT2D eigenvalue weighted by molar-refractivity contribution is -0.136. The number of carbonyl (C=O) groups excluding carboxylic acids is 3. The minimum atomic E-state index is -0.630. The van der Waals surface area contributed by atoms with E-state index < -0.39 is 6.04 Å². The Balaban J connectivity index is 0.793. The number of piperidine rings is 2. The number of hydrogen-bond donors (Lipinski definition) is 1. The molecular weight excluding hydrogens is 738 g/mol. The molecule has 7 aliphatic rings. The number of imide groups is 1. The van der Waals surface area contributed by atoms with E-state index in [1.807, 2.05) is 18.2 Å². The molecule has 294 valence electrons. The van der Waals surface area contributed by atoms with Gasteiger partial charge in [-0.05, 0) is 112 Å². The van der Waals surface area contributed by atoms with Crippen LogP contribution in [0.25, 0.3) is 16.6 Å². The quantitative estimate of drug-likeness (QED) is 0.221. The van der Waals surface area contributed by atoms with Crippen molar-refractivity contribution in [3.05, 3.63) is 97.5 Å². The highest BCUT2D eigenvalue weighted by molar-refractivity contribution is 6.35. The van der Waals surface area contributed by atoms with Crippen molar-refractivity contribution < 1.29 is 19.1 Å². The Morgan fingerprint density at radius 1 is 0.895 bits per heavy atom. The Labute approximate surface area is 336 Å². The van der Waals surface area contributed by atoms with E-state index >= 15 is 0 Å². The standard InChI is InChI=1S/C46H48ClN5O5/c47-34-8-5-9-36-39(34)42(55)49-44-46(16-2-1-3-17-46)33-23-29(10-13-35(33)52(36)44)28-7-4-6-27(22-28)24-50-20-18-45(19-21-50)26-57-40-31-25-51(37-14-15-38(53)48-41(37)54)43(56)30(31)11-12-32(40)45/h5,8-13,23,27-28,37H,1-4,6-7,14-22,24-26H2,(H,48,53,54)/t27?,28?,37-/m0/s1. The average Bonchev–Trinajstić information content (AvgIpc) is 3.84. The van der Waals surface area contributed by atoms with Crippen molar-refractivity contribution in [3.63, 3.8) is 0 Å². The number of rotatable bonds is 4. The molecule has 57 heavy (non-hydrogen) atoms. The maximum absolute atomic E-state index is 13.5. The molecule has 2 saturated carbocycles. The van der Waals surface area contributed by atoms with Crippen LogP contribution in [0.15, 0.2) is 53.3 Å². The van der Waals surface area contributed by atoms with Crippen LogP contribution in [-0.4, -0.2) is 69.4 Å². The minimum absolute atomic E-state index is 0.0610. The van der Waals surface area contributed by atoms with E-state index in [0.29, 0.717) is 47.4 Å². The molecule has 5 aliphatic heterocycles. The molecule has 10 nitrogen and oxygen atoms in total. The molecule has 0 radical (unpaired) electrons. The second-order valence-corrected chi connectivity index (χ2v) is 18.5. The van der Waals surface area contributed by atoms with Crippen LogP contribution in [0.1, 0.15) is 128 Å². The van der Waals surface area contributed by atoms with Crippen molar-refractivity contribution >= 4 is 40.2 Å². The molecular formula is C46H48ClN5O5. The highest BCUT2D eigenvalue weighted by Crippen LogP contribution is 2.53. The van der Waals surface area contributed by atoms with E-state index in [2.05, 4.69) is 39.0 Å². The number of hydrogen-bond acceptors (Lipinski definition) is 7. The highest BCUT2D eigenvalue weighted by atomic mass is 35.5. The summed E-state index contributed by atoms with van der Waals surface area (Å²) in [6.07, 6.45) is 13.0. The molecule has 1 N–H and O–H groups in total. The maximum Gasteiger partial charge on any atom is 0.282 e. The zero-order valence-corrected chi connectivity index (χ0v) is 33.0. The van der Waals surface area contributed by atoms with Crippen LogP contribution in [0, 0.1) is 5.92 Å². The molecule has 11 rings (SSSR count). The molecule has 3 aromatic carbocycles. The first-order valence-electron chi connectivity index (χ1n) is 21.3. The van der Waals surface area contributed by atoms with Crippen molar-refractivity contribution in [2.45, 2.75) is 113 Å². The Morgan fingerprint density at radius 3 is 2.56 bits per heavy atom. The third-order valence-electron chi connectivity index (χ3n) is 15.1. The maximum atomic E-state index is 13.5. The largest absolute Gasteiger partial charge is 0.492 e. The van der Waals surface area contributed by atoms with Gasteiger partial charge in [0.15, 0.2) is 0 Å².